The summed E-state index contributed by atoms with van der Waals surface area (Å²) in [6, 6.07) is 0.675. The van der Waals surface area contributed by atoms with Gasteiger partial charge >= 0.3 is 0 Å². The van der Waals surface area contributed by atoms with Gasteiger partial charge in [-0.2, -0.15) is 11.8 Å². The Balaban J connectivity index is 1.68. The molecule has 94 valence electrons. The number of sulfonamides is 1. The Kier molecular flexibility index (Phi) is 4.52. The van der Waals surface area contributed by atoms with Gasteiger partial charge in [-0.1, -0.05) is 0 Å². The monoisotopic (exact) mass is 264 g/mol. The number of rotatable bonds is 6. The fraction of sp³-hybridized carbons (Fsp3) is 1.00. The summed E-state index contributed by atoms with van der Waals surface area (Å²) in [5, 5.41) is 3.35. The molecule has 1 aliphatic heterocycles. The van der Waals surface area contributed by atoms with Gasteiger partial charge in [0.05, 0.1) is 5.75 Å². The quantitative estimate of drug-likeness (QED) is 0.710. The molecule has 0 amide bonds. The lowest BCUT2D eigenvalue weighted by molar-refractivity contribution is 0.441. The number of hydrogen-bond acceptors (Lipinski definition) is 4. The molecule has 0 spiro atoms. The highest BCUT2D eigenvalue weighted by Gasteiger charge is 2.24. The summed E-state index contributed by atoms with van der Waals surface area (Å²) in [5.41, 5.74) is 0. The molecule has 0 aromatic carbocycles. The second kappa shape index (κ2) is 5.71. The van der Waals surface area contributed by atoms with Crippen molar-refractivity contribution in [2.45, 2.75) is 25.3 Å². The summed E-state index contributed by atoms with van der Waals surface area (Å²) < 4.78 is 25.5. The number of nitrogens with zero attached hydrogens (tertiary/aromatic N) is 1. The van der Waals surface area contributed by atoms with Crippen molar-refractivity contribution in [2.75, 3.05) is 36.9 Å². The van der Waals surface area contributed by atoms with E-state index >= 15 is 0 Å². The molecule has 1 heterocycles. The van der Waals surface area contributed by atoms with Crippen molar-refractivity contribution >= 4 is 21.8 Å². The molecule has 2 rings (SSSR count). The van der Waals surface area contributed by atoms with E-state index in [1.165, 1.54) is 12.8 Å². The second-order valence-corrected chi connectivity index (χ2v) is 7.72. The van der Waals surface area contributed by atoms with Crippen molar-refractivity contribution in [3.05, 3.63) is 0 Å². The van der Waals surface area contributed by atoms with Crippen LogP contribution in [0.25, 0.3) is 0 Å². The summed E-state index contributed by atoms with van der Waals surface area (Å²) in [6.07, 6.45) is 3.26. The van der Waals surface area contributed by atoms with Crippen LogP contribution in [0.3, 0.4) is 0 Å². The lowest BCUT2D eigenvalue weighted by atomic mass is 10.5. The zero-order chi connectivity index (χ0) is 11.4. The Morgan fingerprint density at radius 2 is 1.94 bits per heavy atom. The van der Waals surface area contributed by atoms with Crippen LogP contribution in [-0.4, -0.2) is 55.7 Å². The summed E-state index contributed by atoms with van der Waals surface area (Å²) >= 11 is 1.84. The zero-order valence-corrected chi connectivity index (χ0v) is 11.2. The Morgan fingerprint density at radius 3 is 2.56 bits per heavy atom. The minimum Gasteiger partial charge on any atom is -0.314 e. The van der Waals surface area contributed by atoms with E-state index in [0.717, 1.165) is 24.5 Å². The van der Waals surface area contributed by atoms with E-state index < -0.39 is 10.0 Å². The summed E-state index contributed by atoms with van der Waals surface area (Å²) in [6.45, 7) is 2.23. The van der Waals surface area contributed by atoms with Crippen LogP contribution in [0.1, 0.15) is 19.3 Å². The topological polar surface area (TPSA) is 49.4 Å². The van der Waals surface area contributed by atoms with E-state index in [2.05, 4.69) is 5.32 Å². The first kappa shape index (κ1) is 12.7. The molecule has 1 aliphatic carbocycles. The molecule has 2 aliphatic rings. The molecule has 0 aromatic rings. The Hall–Kier alpha value is 0.220. The smallest absolute Gasteiger partial charge is 0.214 e. The molecule has 6 heteroatoms. The van der Waals surface area contributed by atoms with Crippen LogP contribution >= 0.6 is 11.8 Å². The lowest BCUT2D eigenvalue weighted by Gasteiger charge is -2.25. The Morgan fingerprint density at radius 1 is 1.25 bits per heavy atom. The summed E-state index contributed by atoms with van der Waals surface area (Å²) in [5.74, 6) is 2.19. The van der Waals surface area contributed by atoms with Crippen molar-refractivity contribution < 1.29 is 8.42 Å². The molecule has 1 N–H and O–H groups in total. The van der Waals surface area contributed by atoms with Crippen LogP contribution in [0.5, 0.6) is 0 Å². The van der Waals surface area contributed by atoms with Crippen molar-refractivity contribution in [3.8, 4) is 0 Å². The molecule has 0 unspecified atom stereocenters. The van der Waals surface area contributed by atoms with Crippen LogP contribution in [0.4, 0.5) is 0 Å². The maximum atomic E-state index is 11.9. The van der Waals surface area contributed by atoms with Gasteiger partial charge in [0.25, 0.3) is 0 Å². The molecule has 0 radical (unpaired) electrons. The average Bonchev–Trinajstić information content (AvgIpc) is 3.10. The van der Waals surface area contributed by atoms with Crippen LogP contribution in [-0.2, 0) is 10.0 Å². The molecule has 0 atom stereocenters. The highest BCUT2D eigenvalue weighted by molar-refractivity contribution is 7.99. The lowest BCUT2D eigenvalue weighted by Crippen LogP contribution is -2.39. The first-order valence-corrected chi connectivity index (χ1v) is 8.74. The molecule has 2 fully saturated rings. The maximum absolute atomic E-state index is 11.9. The SMILES string of the molecule is O=S(=O)(CCCNC1CC1)N1CCSCC1. The first-order valence-electron chi connectivity index (χ1n) is 5.97. The van der Waals surface area contributed by atoms with E-state index in [1.807, 2.05) is 11.8 Å². The van der Waals surface area contributed by atoms with Crippen LogP contribution in [0.2, 0.25) is 0 Å². The molecule has 0 bridgehead atoms. The minimum absolute atomic E-state index is 0.303. The second-order valence-electron chi connectivity index (χ2n) is 4.41. The van der Waals surface area contributed by atoms with Crippen molar-refractivity contribution in [1.29, 1.82) is 0 Å². The van der Waals surface area contributed by atoms with Crippen LogP contribution in [0.15, 0.2) is 0 Å². The molecule has 1 saturated carbocycles. The van der Waals surface area contributed by atoms with Gasteiger partial charge in [-0.15, -0.1) is 0 Å². The number of thioether (sulfide) groups is 1. The fourth-order valence-corrected chi connectivity index (χ4v) is 4.44. The van der Waals surface area contributed by atoms with E-state index in [0.29, 0.717) is 24.9 Å². The largest absolute Gasteiger partial charge is 0.314 e. The van der Waals surface area contributed by atoms with Gasteiger partial charge < -0.3 is 5.32 Å². The van der Waals surface area contributed by atoms with Gasteiger partial charge in [-0.25, -0.2) is 12.7 Å². The molecular weight excluding hydrogens is 244 g/mol. The van der Waals surface area contributed by atoms with Gasteiger partial charge in [0.2, 0.25) is 10.0 Å². The van der Waals surface area contributed by atoms with Gasteiger partial charge in [-0.3, -0.25) is 0 Å². The summed E-state index contributed by atoms with van der Waals surface area (Å²) in [7, 11) is -2.98. The number of hydrogen-bond donors (Lipinski definition) is 1. The van der Waals surface area contributed by atoms with E-state index in [-0.39, 0.29) is 0 Å². The molecular formula is C10H20N2O2S2. The van der Waals surface area contributed by atoms with Gasteiger partial charge in [-0.05, 0) is 25.8 Å². The molecule has 1 saturated heterocycles. The Labute approximate surface area is 102 Å². The predicted molar refractivity (Wildman–Crippen MR) is 68.3 cm³/mol. The molecule has 16 heavy (non-hydrogen) atoms. The minimum atomic E-state index is -2.98. The van der Waals surface area contributed by atoms with Crippen LogP contribution < -0.4 is 5.32 Å². The van der Waals surface area contributed by atoms with Gasteiger partial charge in [0.15, 0.2) is 0 Å². The summed E-state index contributed by atoms with van der Waals surface area (Å²) in [4.78, 5) is 0. The third-order valence-corrected chi connectivity index (χ3v) is 5.85. The normalized spacial score (nSPS) is 23.5. The standard InChI is InChI=1S/C10H20N2O2S2/c13-16(14,12-5-7-15-8-6-12)9-1-4-11-10-2-3-10/h10-11H,1-9H2. The maximum Gasteiger partial charge on any atom is 0.214 e. The van der Waals surface area contributed by atoms with Crippen molar-refractivity contribution in [2.24, 2.45) is 0 Å². The molecule has 4 nitrogen and oxygen atoms in total. The average molecular weight is 264 g/mol. The Bertz CT molecular complexity index is 309. The predicted octanol–water partition coefficient (Wildman–Crippen LogP) is 0.507. The van der Waals surface area contributed by atoms with E-state index in [4.69, 9.17) is 0 Å². The first-order chi connectivity index (χ1) is 7.68. The zero-order valence-electron chi connectivity index (χ0n) is 9.52. The van der Waals surface area contributed by atoms with Crippen molar-refractivity contribution in [1.82, 2.24) is 9.62 Å². The van der Waals surface area contributed by atoms with Gasteiger partial charge in [0.1, 0.15) is 0 Å². The van der Waals surface area contributed by atoms with E-state index in [9.17, 15) is 8.42 Å². The van der Waals surface area contributed by atoms with Gasteiger partial charge in [0, 0.05) is 30.6 Å². The highest BCUT2D eigenvalue weighted by Crippen LogP contribution is 2.18. The third-order valence-electron chi connectivity index (χ3n) is 2.95. The molecule has 0 aromatic heterocycles. The van der Waals surface area contributed by atoms with Crippen LogP contribution in [0, 0.1) is 0 Å². The number of nitrogens with one attached hydrogen (secondary N) is 1. The third kappa shape index (κ3) is 3.91. The van der Waals surface area contributed by atoms with E-state index in [1.54, 1.807) is 4.31 Å². The van der Waals surface area contributed by atoms with Crippen molar-refractivity contribution in [3.63, 3.8) is 0 Å². The highest BCUT2D eigenvalue weighted by atomic mass is 32.2. The fourth-order valence-electron chi connectivity index (χ4n) is 1.80.